The average Bonchev–Trinajstić information content (AvgIpc) is 2.85. The zero-order valence-corrected chi connectivity index (χ0v) is 17.4. The van der Waals surface area contributed by atoms with Crippen LogP contribution in [-0.4, -0.2) is 5.78 Å². The van der Waals surface area contributed by atoms with E-state index in [0.717, 1.165) is 47.1 Å². The van der Waals surface area contributed by atoms with Crippen molar-refractivity contribution < 1.29 is 9.53 Å². The molecule has 0 saturated carbocycles. The van der Waals surface area contributed by atoms with Gasteiger partial charge in [0.2, 0.25) is 0 Å². The Bertz CT molecular complexity index is 1250. The van der Waals surface area contributed by atoms with Crippen LogP contribution in [0.25, 0.3) is 10.8 Å². The molecule has 2 nitrogen and oxygen atoms in total. The number of hydrogen-bond donors (Lipinski definition) is 0. The van der Waals surface area contributed by atoms with Gasteiger partial charge in [-0.15, -0.1) is 0 Å². The van der Waals surface area contributed by atoms with Crippen LogP contribution < -0.4 is 4.74 Å². The van der Waals surface area contributed by atoms with Crippen LogP contribution >= 0.6 is 0 Å². The van der Waals surface area contributed by atoms with E-state index in [1.807, 2.05) is 42.5 Å². The molecule has 0 spiro atoms. The second-order valence-electron chi connectivity index (χ2n) is 8.68. The third-order valence-corrected chi connectivity index (χ3v) is 6.94. The van der Waals surface area contributed by atoms with Crippen molar-refractivity contribution in [1.29, 1.82) is 0 Å². The summed E-state index contributed by atoms with van der Waals surface area (Å²) in [5.41, 5.74) is 4.61. The maximum atomic E-state index is 13.9. The van der Waals surface area contributed by atoms with Crippen LogP contribution in [0.2, 0.25) is 0 Å². The van der Waals surface area contributed by atoms with E-state index in [4.69, 9.17) is 4.74 Å². The number of Topliss-reactive ketones (excluding diaryl/α,β-unsaturated/α-hetero) is 1. The second kappa shape index (κ2) is 7.09. The number of hydrogen-bond acceptors (Lipinski definition) is 2. The van der Waals surface area contributed by atoms with Gasteiger partial charge in [0, 0.05) is 16.5 Å². The molecule has 1 aliphatic carbocycles. The zero-order valence-electron chi connectivity index (χ0n) is 17.4. The monoisotopic (exact) mass is 404 g/mol. The minimum absolute atomic E-state index is 0.192. The topological polar surface area (TPSA) is 26.3 Å². The summed E-state index contributed by atoms with van der Waals surface area (Å²) in [6, 6.07) is 28.8. The summed E-state index contributed by atoms with van der Waals surface area (Å²) in [5, 5.41) is 2.29. The molecule has 152 valence electrons. The summed E-state index contributed by atoms with van der Waals surface area (Å²) in [4.78, 5) is 13.9. The van der Waals surface area contributed by atoms with Gasteiger partial charge >= 0.3 is 0 Å². The Balaban J connectivity index is 1.67. The summed E-state index contributed by atoms with van der Waals surface area (Å²) < 4.78 is 7.02. The Kier molecular flexibility index (Phi) is 4.21. The van der Waals surface area contributed by atoms with Gasteiger partial charge in [0.05, 0.1) is 12.0 Å². The SMILES string of the molecule is O=C1CC(c2ccccc2)(c2ccccc2)Oc2c1c1c(c3ccccc23)CCCC1. The first kappa shape index (κ1) is 18.4. The zero-order chi connectivity index (χ0) is 20.8. The maximum Gasteiger partial charge on any atom is 0.171 e. The molecular formula is C29H24O2. The van der Waals surface area contributed by atoms with E-state index in [2.05, 4.69) is 42.5 Å². The molecule has 31 heavy (non-hydrogen) atoms. The number of carbonyl (C=O) groups is 1. The lowest BCUT2D eigenvalue weighted by Crippen LogP contribution is -2.41. The Morgan fingerprint density at radius 2 is 1.19 bits per heavy atom. The quantitative estimate of drug-likeness (QED) is 0.375. The molecule has 6 rings (SSSR count). The molecule has 0 radical (unpaired) electrons. The molecule has 0 bridgehead atoms. The summed E-state index contributed by atoms with van der Waals surface area (Å²) in [6.45, 7) is 0. The highest BCUT2D eigenvalue weighted by molar-refractivity contribution is 6.09. The van der Waals surface area contributed by atoms with E-state index < -0.39 is 5.60 Å². The van der Waals surface area contributed by atoms with E-state index in [9.17, 15) is 4.79 Å². The first-order valence-corrected chi connectivity index (χ1v) is 11.2. The summed E-state index contributed by atoms with van der Waals surface area (Å²) in [5.74, 6) is 0.957. The van der Waals surface area contributed by atoms with Crippen molar-refractivity contribution in [1.82, 2.24) is 0 Å². The predicted molar refractivity (Wildman–Crippen MR) is 124 cm³/mol. The van der Waals surface area contributed by atoms with Gasteiger partial charge in [-0.3, -0.25) is 4.79 Å². The predicted octanol–water partition coefficient (Wildman–Crippen LogP) is 6.63. The van der Waals surface area contributed by atoms with Gasteiger partial charge < -0.3 is 4.74 Å². The number of benzene rings is 4. The van der Waals surface area contributed by atoms with Gasteiger partial charge in [-0.1, -0.05) is 84.9 Å². The van der Waals surface area contributed by atoms with Crippen LogP contribution in [0.1, 0.15) is 51.9 Å². The molecule has 4 aromatic rings. The van der Waals surface area contributed by atoms with Gasteiger partial charge in [-0.25, -0.2) is 0 Å². The smallest absolute Gasteiger partial charge is 0.171 e. The fourth-order valence-electron chi connectivity index (χ4n) is 5.52. The number of aryl methyl sites for hydroxylation is 1. The molecule has 1 aliphatic heterocycles. The second-order valence-corrected chi connectivity index (χ2v) is 8.68. The molecule has 0 amide bonds. The van der Waals surface area contributed by atoms with Gasteiger partial charge in [0.15, 0.2) is 11.4 Å². The van der Waals surface area contributed by atoms with Crippen LogP contribution in [0.15, 0.2) is 84.9 Å². The van der Waals surface area contributed by atoms with Gasteiger partial charge in [0.1, 0.15) is 5.75 Å². The Morgan fingerprint density at radius 3 is 1.84 bits per heavy atom. The van der Waals surface area contributed by atoms with Gasteiger partial charge in [-0.2, -0.15) is 0 Å². The average molecular weight is 405 g/mol. The molecule has 0 aromatic heterocycles. The molecule has 0 N–H and O–H groups in total. The van der Waals surface area contributed by atoms with Crippen molar-refractivity contribution >= 4 is 16.6 Å². The molecule has 2 aliphatic rings. The van der Waals surface area contributed by atoms with E-state index in [1.54, 1.807) is 0 Å². The van der Waals surface area contributed by atoms with Crippen molar-refractivity contribution in [3.05, 3.63) is 113 Å². The molecule has 2 heteroatoms. The van der Waals surface area contributed by atoms with Crippen molar-refractivity contribution in [2.75, 3.05) is 0 Å². The van der Waals surface area contributed by atoms with E-state index in [1.165, 1.54) is 22.9 Å². The third kappa shape index (κ3) is 2.75. The minimum atomic E-state index is -0.821. The highest BCUT2D eigenvalue weighted by Crippen LogP contribution is 2.49. The first-order valence-electron chi connectivity index (χ1n) is 11.2. The molecule has 1 heterocycles. The molecular weight excluding hydrogens is 380 g/mol. The number of carbonyl (C=O) groups excluding carboxylic acids is 1. The summed E-state index contributed by atoms with van der Waals surface area (Å²) in [7, 11) is 0. The summed E-state index contributed by atoms with van der Waals surface area (Å²) in [6.07, 6.45) is 4.63. The van der Waals surface area contributed by atoms with Crippen LogP contribution in [-0.2, 0) is 18.4 Å². The number of ketones is 1. The molecule has 4 aromatic carbocycles. The van der Waals surface area contributed by atoms with Crippen molar-refractivity contribution in [2.24, 2.45) is 0 Å². The van der Waals surface area contributed by atoms with Crippen molar-refractivity contribution in [2.45, 2.75) is 37.7 Å². The standard InChI is InChI=1S/C29H24O2/c30-26-19-29(20-11-3-1-4-12-20,21-13-5-2-6-14-21)31-28-25-18-10-8-16-23(25)22-15-7-9-17-24(22)27(26)28/h1-6,8,10-14,16,18H,7,9,15,17,19H2. The Labute approximate surface area is 182 Å². The summed E-state index contributed by atoms with van der Waals surface area (Å²) >= 11 is 0. The van der Waals surface area contributed by atoms with Crippen LogP contribution in [0.4, 0.5) is 0 Å². The van der Waals surface area contributed by atoms with Gasteiger partial charge in [0.25, 0.3) is 0 Å². The largest absolute Gasteiger partial charge is 0.476 e. The number of rotatable bonds is 2. The van der Waals surface area contributed by atoms with E-state index in [0.29, 0.717) is 6.42 Å². The lowest BCUT2D eigenvalue weighted by atomic mass is 9.75. The van der Waals surface area contributed by atoms with Crippen LogP contribution in [0.3, 0.4) is 0 Å². The van der Waals surface area contributed by atoms with Crippen LogP contribution in [0.5, 0.6) is 5.75 Å². The molecule has 0 saturated heterocycles. The fourth-order valence-corrected chi connectivity index (χ4v) is 5.52. The van der Waals surface area contributed by atoms with E-state index >= 15 is 0 Å². The normalized spacial score (nSPS) is 17.0. The lowest BCUT2D eigenvalue weighted by molar-refractivity contribution is 0.0624. The first-order chi connectivity index (χ1) is 15.3. The lowest BCUT2D eigenvalue weighted by Gasteiger charge is -2.41. The highest BCUT2D eigenvalue weighted by atomic mass is 16.5. The Morgan fingerprint density at radius 1 is 0.645 bits per heavy atom. The van der Waals surface area contributed by atoms with Crippen LogP contribution in [0, 0.1) is 0 Å². The fraction of sp³-hybridized carbons (Fsp3) is 0.207. The van der Waals surface area contributed by atoms with Crippen molar-refractivity contribution in [3.63, 3.8) is 0 Å². The number of fused-ring (bicyclic) bond motifs is 6. The number of ether oxygens (including phenoxy) is 1. The minimum Gasteiger partial charge on any atom is -0.476 e. The molecule has 0 atom stereocenters. The van der Waals surface area contributed by atoms with E-state index in [-0.39, 0.29) is 5.78 Å². The molecule has 0 fully saturated rings. The maximum absolute atomic E-state index is 13.9. The third-order valence-electron chi connectivity index (χ3n) is 6.94. The highest BCUT2D eigenvalue weighted by Gasteiger charge is 2.45. The van der Waals surface area contributed by atoms with Crippen molar-refractivity contribution in [3.8, 4) is 5.75 Å². The van der Waals surface area contributed by atoms with Gasteiger partial charge in [-0.05, 0) is 42.2 Å². The Hall–Kier alpha value is -3.39. The molecule has 0 unspecified atom stereocenters.